The summed E-state index contributed by atoms with van der Waals surface area (Å²) in [6.45, 7) is 4.97. The maximum atomic E-state index is 11.7. The monoisotopic (exact) mass is 236 g/mol. The molecule has 0 aromatic heterocycles. The molecule has 6 nitrogen and oxygen atoms in total. The fraction of sp³-hybridized carbons (Fsp3) is 0.875. The van der Waals surface area contributed by atoms with Gasteiger partial charge in [-0.05, 0) is 13.8 Å². The second kappa shape index (κ2) is 4.07. The predicted molar refractivity (Wildman–Crippen MR) is 55.1 cm³/mol. The predicted octanol–water partition coefficient (Wildman–Crippen LogP) is -0.915. The summed E-state index contributed by atoms with van der Waals surface area (Å²) in [5, 5.41) is 11.6. The Morgan fingerprint density at radius 3 is 2.60 bits per heavy atom. The molecule has 0 spiro atoms. The third-order valence-corrected chi connectivity index (χ3v) is 4.33. The van der Waals surface area contributed by atoms with Crippen LogP contribution in [0.15, 0.2) is 0 Å². The Hall–Kier alpha value is -0.660. The lowest BCUT2D eigenvalue weighted by Crippen LogP contribution is -2.60. The number of nitrogens with one attached hydrogen (secondary N) is 1. The highest BCUT2D eigenvalue weighted by Gasteiger charge is 2.38. The molecule has 1 rings (SSSR count). The normalized spacial score (nSPS) is 22.5. The fourth-order valence-electron chi connectivity index (χ4n) is 1.72. The van der Waals surface area contributed by atoms with Gasteiger partial charge in [0.15, 0.2) is 5.75 Å². The van der Waals surface area contributed by atoms with Gasteiger partial charge < -0.3 is 10.4 Å². The zero-order chi connectivity index (χ0) is 11.7. The average molecular weight is 236 g/mol. The molecule has 7 heteroatoms. The number of piperazine rings is 1. The molecule has 2 N–H and O–H groups in total. The van der Waals surface area contributed by atoms with E-state index < -0.39 is 27.3 Å². The molecule has 1 heterocycles. The van der Waals surface area contributed by atoms with Crippen LogP contribution >= 0.6 is 0 Å². The van der Waals surface area contributed by atoms with Crippen LogP contribution in [0, 0.1) is 0 Å². The number of rotatable bonds is 3. The Balaban J connectivity index is 2.90. The second-order valence-electron chi connectivity index (χ2n) is 4.21. The molecule has 1 aliphatic rings. The van der Waals surface area contributed by atoms with Gasteiger partial charge in [0, 0.05) is 25.2 Å². The van der Waals surface area contributed by atoms with Crippen molar-refractivity contribution in [1.82, 2.24) is 9.62 Å². The Bertz CT molecular complexity index is 350. The lowest BCUT2D eigenvalue weighted by Gasteiger charge is -2.41. The molecule has 0 atom stereocenters. The highest BCUT2D eigenvalue weighted by Crippen LogP contribution is 2.20. The molecule has 15 heavy (non-hydrogen) atoms. The molecule has 1 fully saturated rings. The van der Waals surface area contributed by atoms with Crippen molar-refractivity contribution >= 4 is 16.0 Å². The van der Waals surface area contributed by atoms with Crippen LogP contribution in [0.5, 0.6) is 0 Å². The van der Waals surface area contributed by atoms with E-state index in [-0.39, 0.29) is 0 Å². The lowest BCUT2D eigenvalue weighted by molar-refractivity contribution is -0.134. The van der Waals surface area contributed by atoms with E-state index in [4.69, 9.17) is 5.11 Å². The van der Waals surface area contributed by atoms with Crippen molar-refractivity contribution in [1.29, 1.82) is 0 Å². The fourth-order valence-corrected chi connectivity index (χ4v) is 3.37. The minimum absolute atomic E-state index is 0.322. The molecule has 0 aromatic carbocycles. The van der Waals surface area contributed by atoms with Crippen LogP contribution in [0.1, 0.15) is 13.8 Å². The van der Waals surface area contributed by atoms with Crippen LogP contribution in [0.2, 0.25) is 0 Å². The van der Waals surface area contributed by atoms with Crippen LogP contribution in [0.4, 0.5) is 0 Å². The summed E-state index contributed by atoms with van der Waals surface area (Å²) in [5.74, 6) is -2.15. The van der Waals surface area contributed by atoms with Gasteiger partial charge in [-0.1, -0.05) is 0 Å². The van der Waals surface area contributed by atoms with Crippen molar-refractivity contribution in [2.24, 2.45) is 0 Å². The first-order chi connectivity index (χ1) is 6.76. The first-order valence-corrected chi connectivity index (χ1v) is 6.30. The molecule has 88 valence electrons. The van der Waals surface area contributed by atoms with E-state index >= 15 is 0 Å². The minimum atomic E-state index is -3.70. The second-order valence-corrected chi connectivity index (χ2v) is 6.10. The highest BCUT2D eigenvalue weighted by molar-refractivity contribution is 7.89. The van der Waals surface area contributed by atoms with E-state index in [1.807, 2.05) is 0 Å². The van der Waals surface area contributed by atoms with Gasteiger partial charge in [-0.15, -0.1) is 0 Å². The Morgan fingerprint density at radius 2 is 2.13 bits per heavy atom. The number of carbonyl (C=O) groups is 1. The van der Waals surface area contributed by atoms with Crippen molar-refractivity contribution < 1.29 is 18.3 Å². The molecular weight excluding hydrogens is 220 g/mol. The van der Waals surface area contributed by atoms with E-state index in [0.717, 1.165) is 0 Å². The number of carboxylic acids is 1. The minimum Gasteiger partial charge on any atom is -0.480 e. The maximum Gasteiger partial charge on any atom is 0.320 e. The Kier molecular flexibility index (Phi) is 3.37. The van der Waals surface area contributed by atoms with Gasteiger partial charge >= 0.3 is 5.97 Å². The summed E-state index contributed by atoms with van der Waals surface area (Å²) in [4.78, 5) is 10.4. The van der Waals surface area contributed by atoms with Gasteiger partial charge in [-0.25, -0.2) is 8.42 Å². The zero-order valence-corrected chi connectivity index (χ0v) is 9.67. The first-order valence-electron chi connectivity index (χ1n) is 4.69. The van der Waals surface area contributed by atoms with E-state index in [2.05, 4.69) is 5.32 Å². The topological polar surface area (TPSA) is 86.7 Å². The zero-order valence-electron chi connectivity index (χ0n) is 8.86. The average Bonchev–Trinajstić information content (AvgIpc) is 1.99. The van der Waals surface area contributed by atoms with E-state index in [0.29, 0.717) is 19.6 Å². The molecule has 0 bridgehead atoms. The number of nitrogens with zero attached hydrogens (tertiary/aromatic N) is 1. The molecule has 0 radical (unpaired) electrons. The van der Waals surface area contributed by atoms with Crippen LogP contribution in [-0.2, 0) is 14.8 Å². The van der Waals surface area contributed by atoms with Gasteiger partial charge in [-0.2, -0.15) is 4.31 Å². The molecule has 0 aromatic rings. The van der Waals surface area contributed by atoms with Crippen molar-refractivity contribution in [3.63, 3.8) is 0 Å². The van der Waals surface area contributed by atoms with E-state index in [1.54, 1.807) is 13.8 Å². The lowest BCUT2D eigenvalue weighted by atomic mass is 10.0. The van der Waals surface area contributed by atoms with Gasteiger partial charge in [0.25, 0.3) is 0 Å². The van der Waals surface area contributed by atoms with Crippen LogP contribution in [0.3, 0.4) is 0 Å². The van der Waals surface area contributed by atoms with Gasteiger partial charge in [-0.3, -0.25) is 4.79 Å². The maximum absolute atomic E-state index is 11.7. The Labute approximate surface area is 89.3 Å². The standard InChI is InChI=1S/C8H16N2O4S/c1-8(2)6-9-3-4-10(8)15(13,14)5-7(11)12/h9H,3-6H2,1-2H3,(H,11,12). The third-order valence-electron chi connectivity index (χ3n) is 2.37. The van der Waals surface area contributed by atoms with Gasteiger partial charge in [0.1, 0.15) is 0 Å². The smallest absolute Gasteiger partial charge is 0.320 e. The summed E-state index contributed by atoms with van der Waals surface area (Å²) in [6.07, 6.45) is 0. The third kappa shape index (κ3) is 2.90. The molecule has 1 saturated heterocycles. The SMILES string of the molecule is CC1(C)CNCCN1S(=O)(=O)CC(=O)O. The first kappa shape index (κ1) is 12.4. The van der Waals surface area contributed by atoms with Crippen molar-refractivity contribution in [3.05, 3.63) is 0 Å². The molecular formula is C8H16N2O4S. The summed E-state index contributed by atoms with van der Waals surface area (Å²) in [5.41, 5.74) is -0.563. The summed E-state index contributed by atoms with van der Waals surface area (Å²) in [7, 11) is -3.70. The van der Waals surface area contributed by atoms with Crippen LogP contribution in [0.25, 0.3) is 0 Å². The largest absolute Gasteiger partial charge is 0.480 e. The molecule has 1 aliphatic heterocycles. The summed E-state index contributed by atoms with van der Waals surface area (Å²) < 4.78 is 24.7. The van der Waals surface area contributed by atoms with Crippen molar-refractivity contribution in [3.8, 4) is 0 Å². The van der Waals surface area contributed by atoms with Crippen molar-refractivity contribution in [2.75, 3.05) is 25.4 Å². The Morgan fingerprint density at radius 1 is 1.53 bits per heavy atom. The number of aliphatic carboxylic acids is 1. The summed E-state index contributed by atoms with van der Waals surface area (Å²) >= 11 is 0. The molecule has 0 aliphatic carbocycles. The van der Waals surface area contributed by atoms with Crippen molar-refractivity contribution in [2.45, 2.75) is 19.4 Å². The van der Waals surface area contributed by atoms with Gasteiger partial charge in [0.2, 0.25) is 10.0 Å². The number of hydrogen-bond donors (Lipinski definition) is 2. The van der Waals surface area contributed by atoms with Crippen LogP contribution < -0.4 is 5.32 Å². The summed E-state index contributed by atoms with van der Waals surface area (Å²) in [6, 6.07) is 0. The molecule has 0 amide bonds. The van der Waals surface area contributed by atoms with Crippen LogP contribution in [-0.4, -0.2) is 54.7 Å². The van der Waals surface area contributed by atoms with E-state index in [1.165, 1.54) is 4.31 Å². The number of sulfonamides is 1. The molecule has 0 unspecified atom stereocenters. The van der Waals surface area contributed by atoms with Gasteiger partial charge in [0.05, 0.1) is 0 Å². The number of carboxylic acid groups (broad SMARTS) is 1. The number of hydrogen-bond acceptors (Lipinski definition) is 4. The molecule has 0 saturated carbocycles. The highest BCUT2D eigenvalue weighted by atomic mass is 32.2. The quantitative estimate of drug-likeness (QED) is 0.662. The van der Waals surface area contributed by atoms with E-state index in [9.17, 15) is 13.2 Å².